The summed E-state index contributed by atoms with van der Waals surface area (Å²) in [5, 5.41) is 0. The molecule has 20 heavy (non-hydrogen) atoms. The smallest absolute Gasteiger partial charge is 0.0945 e. The van der Waals surface area contributed by atoms with E-state index in [0.717, 1.165) is 43.6 Å². The van der Waals surface area contributed by atoms with Crippen molar-refractivity contribution in [1.82, 2.24) is 9.80 Å². The molecule has 7 heteroatoms. The maximum absolute atomic E-state index is 10.3. The van der Waals surface area contributed by atoms with Gasteiger partial charge in [0.25, 0.3) is 0 Å². The van der Waals surface area contributed by atoms with Crippen LogP contribution in [0.15, 0.2) is 0 Å². The number of nitrogens with zero attached hydrogens (tertiary/aromatic N) is 3. The zero-order chi connectivity index (χ0) is 15.8. The first-order chi connectivity index (χ1) is 8.97. The Hall–Kier alpha value is -0.210. The van der Waals surface area contributed by atoms with Crippen molar-refractivity contribution in [2.24, 2.45) is 0 Å². The van der Waals surface area contributed by atoms with E-state index in [1.165, 1.54) is 0 Å². The Balaban J connectivity index is 0.000000621. The molecule has 1 heterocycles. The van der Waals surface area contributed by atoms with Crippen molar-refractivity contribution in [3.8, 4) is 0 Å². The zero-order valence-electron chi connectivity index (χ0n) is 13.6. The van der Waals surface area contributed by atoms with Crippen LogP contribution in [0.4, 0.5) is 0 Å². The third kappa shape index (κ3) is 15.8. The molecule has 0 spiro atoms. The average Bonchev–Trinajstić information content (AvgIpc) is 2.23. The summed E-state index contributed by atoms with van der Waals surface area (Å²) in [7, 11) is 6.59. The Morgan fingerprint density at radius 3 is 1.85 bits per heavy atom. The SMILES string of the molecule is CN1CCN(CCCCS(=O)(=O)[O-])CC1.C[N+](C)(C)C. The van der Waals surface area contributed by atoms with E-state index in [1.54, 1.807) is 0 Å². The number of likely N-dealkylation sites (N-methyl/N-ethyl adjacent to an activating group) is 1. The minimum absolute atomic E-state index is 0.221. The van der Waals surface area contributed by atoms with E-state index in [2.05, 4.69) is 45.0 Å². The van der Waals surface area contributed by atoms with Crippen molar-refractivity contribution in [3.05, 3.63) is 0 Å². The highest BCUT2D eigenvalue weighted by Crippen LogP contribution is 2.02. The van der Waals surface area contributed by atoms with Crippen molar-refractivity contribution in [1.29, 1.82) is 0 Å². The molecule has 0 bridgehead atoms. The van der Waals surface area contributed by atoms with Crippen molar-refractivity contribution < 1.29 is 17.5 Å². The van der Waals surface area contributed by atoms with Crippen LogP contribution in [0.2, 0.25) is 0 Å². The number of rotatable bonds is 5. The van der Waals surface area contributed by atoms with Gasteiger partial charge in [-0.1, -0.05) is 0 Å². The fourth-order valence-corrected chi connectivity index (χ4v) is 2.24. The normalized spacial score (nSPS) is 18.5. The highest BCUT2D eigenvalue weighted by Gasteiger charge is 2.12. The quantitative estimate of drug-likeness (QED) is 0.402. The van der Waals surface area contributed by atoms with E-state index in [-0.39, 0.29) is 5.75 Å². The fourth-order valence-electron chi connectivity index (χ4n) is 1.69. The minimum Gasteiger partial charge on any atom is -0.748 e. The van der Waals surface area contributed by atoms with Gasteiger partial charge in [0.2, 0.25) is 0 Å². The Kier molecular flexibility index (Phi) is 8.85. The van der Waals surface area contributed by atoms with Gasteiger partial charge in [-0.15, -0.1) is 0 Å². The number of unbranched alkanes of at least 4 members (excludes halogenated alkanes) is 1. The summed E-state index contributed by atoms with van der Waals surface area (Å²) >= 11 is 0. The second-order valence-electron chi connectivity index (χ2n) is 6.80. The molecule has 1 saturated heterocycles. The topological polar surface area (TPSA) is 63.7 Å². The van der Waals surface area contributed by atoms with Gasteiger partial charge in [0.1, 0.15) is 0 Å². The molecule has 122 valence electrons. The third-order valence-corrected chi connectivity index (χ3v) is 3.50. The second-order valence-corrected chi connectivity index (χ2v) is 8.32. The van der Waals surface area contributed by atoms with E-state index in [1.807, 2.05) is 0 Å². The molecular weight excluding hydrogens is 278 g/mol. The Bertz CT molecular complexity index is 338. The molecule has 1 fully saturated rings. The first-order valence-corrected chi connectivity index (χ1v) is 8.68. The molecule has 0 amide bonds. The molecule has 0 aromatic heterocycles. The molecule has 0 N–H and O–H groups in total. The summed E-state index contributed by atoms with van der Waals surface area (Å²) < 4.78 is 32.0. The van der Waals surface area contributed by atoms with Gasteiger partial charge in [0, 0.05) is 31.9 Å². The number of hydrogen-bond acceptors (Lipinski definition) is 5. The molecule has 0 radical (unpaired) electrons. The first-order valence-electron chi connectivity index (χ1n) is 7.11. The van der Waals surface area contributed by atoms with Crippen LogP contribution in [0.1, 0.15) is 12.8 Å². The van der Waals surface area contributed by atoms with Crippen molar-refractivity contribution >= 4 is 10.1 Å². The molecule has 0 atom stereocenters. The van der Waals surface area contributed by atoms with Crippen LogP contribution in [0.3, 0.4) is 0 Å². The fraction of sp³-hybridized carbons (Fsp3) is 1.00. The number of hydrogen-bond donors (Lipinski definition) is 0. The van der Waals surface area contributed by atoms with Crippen LogP contribution in [0.5, 0.6) is 0 Å². The standard InChI is InChI=1S/C9H20N2O3S.C4H12N/c1-10-5-7-11(8-6-10)4-2-3-9-15(12,13)14;1-5(2,3)4/h2-9H2,1H3,(H,12,13,14);1-4H3/q;+1/p-1. The first kappa shape index (κ1) is 19.8. The third-order valence-electron chi connectivity index (χ3n) is 2.71. The zero-order valence-corrected chi connectivity index (χ0v) is 14.4. The molecule has 6 nitrogen and oxygen atoms in total. The lowest BCUT2D eigenvalue weighted by atomic mass is 10.2. The minimum atomic E-state index is -4.01. The van der Waals surface area contributed by atoms with E-state index in [4.69, 9.17) is 0 Å². The van der Waals surface area contributed by atoms with Gasteiger partial charge < -0.3 is 18.8 Å². The van der Waals surface area contributed by atoms with Gasteiger partial charge >= 0.3 is 0 Å². The Morgan fingerprint density at radius 1 is 1.00 bits per heavy atom. The summed E-state index contributed by atoms with van der Waals surface area (Å²) in [6.07, 6.45) is 1.28. The van der Waals surface area contributed by atoms with Crippen LogP contribution in [-0.4, -0.2) is 101 Å². The average molecular weight is 309 g/mol. The monoisotopic (exact) mass is 309 g/mol. The van der Waals surface area contributed by atoms with Crippen LogP contribution >= 0.6 is 0 Å². The van der Waals surface area contributed by atoms with E-state index in [0.29, 0.717) is 6.42 Å². The van der Waals surface area contributed by atoms with Crippen molar-refractivity contribution in [3.63, 3.8) is 0 Å². The maximum Gasteiger partial charge on any atom is 0.0945 e. The van der Waals surface area contributed by atoms with Gasteiger partial charge in [-0.25, -0.2) is 8.42 Å². The van der Waals surface area contributed by atoms with Gasteiger partial charge in [0.15, 0.2) is 0 Å². The highest BCUT2D eigenvalue weighted by molar-refractivity contribution is 7.85. The van der Waals surface area contributed by atoms with Crippen LogP contribution in [0.25, 0.3) is 0 Å². The molecule has 1 aliphatic rings. The predicted octanol–water partition coefficient (Wildman–Crippen LogP) is -0.118. The molecule has 0 aliphatic carbocycles. The highest BCUT2D eigenvalue weighted by atomic mass is 32.2. The summed E-state index contributed by atoms with van der Waals surface area (Å²) in [6.45, 7) is 5.13. The van der Waals surface area contributed by atoms with Crippen molar-refractivity contribution in [2.45, 2.75) is 12.8 Å². The van der Waals surface area contributed by atoms with E-state index >= 15 is 0 Å². The Morgan fingerprint density at radius 2 is 1.45 bits per heavy atom. The summed E-state index contributed by atoms with van der Waals surface area (Å²) in [6, 6.07) is 0. The molecule has 0 aromatic rings. The van der Waals surface area contributed by atoms with Gasteiger partial charge in [-0.3, -0.25) is 0 Å². The Labute approximate surface area is 124 Å². The van der Waals surface area contributed by atoms with Gasteiger partial charge in [-0.05, 0) is 26.4 Å². The van der Waals surface area contributed by atoms with Gasteiger partial charge in [-0.2, -0.15) is 0 Å². The molecule has 0 saturated carbocycles. The van der Waals surface area contributed by atoms with Crippen molar-refractivity contribution in [2.75, 3.05) is 73.7 Å². The van der Waals surface area contributed by atoms with Crippen LogP contribution < -0.4 is 0 Å². The second kappa shape index (κ2) is 8.94. The van der Waals surface area contributed by atoms with E-state index < -0.39 is 10.1 Å². The summed E-state index contributed by atoms with van der Waals surface area (Å²) in [5.41, 5.74) is 0. The summed E-state index contributed by atoms with van der Waals surface area (Å²) in [4.78, 5) is 4.59. The number of piperazine rings is 1. The molecule has 0 aromatic carbocycles. The lowest BCUT2D eigenvalue weighted by molar-refractivity contribution is -0.849. The summed E-state index contributed by atoms with van der Waals surface area (Å²) in [5.74, 6) is -0.221. The van der Waals surface area contributed by atoms with E-state index in [9.17, 15) is 13.0 Å². The molecule has 1 rings (SSSR count). The van der Waals surface area contributed by atoms with Gasteiger partial charge in [0.05, 0.1) is 38.3 Å². The maximum atomic E-state index is 10.3. The lowest BCUT2D eigenvalue weighted by Gasteiger charge is -2.32. The van der Waals surface area contributed by atoms with Crippen LogP contribution in [0, 0.1) is 0 Å². The molecular formula is C13H31N3O3S. The largest absolute Gasteiger partial charge is 0.748 e. The van der Waals surface area contributed by atoms with Crippen LogP contribution in [-0.2, 0) is 10.1 Å². The lowest BCUT2D eigenvalue weighted by Crippen LogP contribution is -2.44. The molecule has 1 aliphatic heterocycles. The molecule has 0 unspecified atom stereocenters. The number of quaternary nitrogens is 1. The predicted molar refractivity (Wildman–Crippen MR) is 81.7 cm³/mol.